The average Bonchev–Trinajstić information content (AvgIpc) is 2.27. The average molecular weight is 199 g/mol. The normalized spacial score (nSPS) is 8.40. The number of rotatable bonds is 1. The number of hydrogen-bond donors (Lipinski definition) is 1. The summed E-state index contributed by atoms with van der Waals surface area (Å²) in [6, 6.07) is 1.90. The van der Waals surface area contributed by atoms with Crippen molar-refractivity contribution in [3.63, 3.8) is 0 Å². The lowest BCUT2D eigenvalue weighted by Crippen LogP contribution is -1.83. The standard InChI is InChI=1S/C13H13NO/c1-2-3-6-12-9-13(11-14-10-12)7-4-5-8-15/h9-11,15H,2,5,8H2,1H3. The predicted octanol–water partition coefficient (Wildman–Crippen LogP) is 1.58. The highest BCUT2D eigenvalue weighted by atomic mass is 16.2. The summed E-state index contributed by atoms with van der Waals surface area (Å²) in [7, 11) is 0. The van der Waals surface area contributed by atoms with Crippen molar-refractivity contribution in [3.05, 3.63) is 29.6 Å². The Morgan fingerprint density at radius 1 is 1.20 bits per heavy atom. The van der Waals surface area contributed by atoms with E-state index >= 15 is 0 Å². The van der Waals surface area contributed by atoms with E-state index in [1.165, 1.54) is 0 Å². The highest BCUT2D eigenvalue weighted by molar-refractivity contribution is 5.40. The van der Waals surface area contributed by atoms with E-state index in [1.54, 1.807) is 12.4 Å². The summed E-state index contributed by atoms with van der Waals surface area (Å²) in [5.74, 6) is 11.7. The molecule has 76 valence electrons. The first kappa shape index (κ1) is 11.3. The second-order valence-electron chi connectivity index (χ2n) is 2.89. The number of nitrogens with zero attached hydrogens (tertiary/aromatic N) is 1. The third-order valence-electron chi connectivity index (χ3n) is 1.62. The van der Waals surface area contributed by atoms with Gasteiger partial charge in [-0.25, -0.2) is 0 Å². The van der Waals surface area contributed by atoms with Crippen molar-refractivity contribution < 1.29 is 5.11 Å². The lowest BCUT2D eigenvalue weighted by molar-refractivity contribution is 0.305. The highest BCUT2D eigenvalue weighted by Gasteiger charge is 1.89. The van der Waals surface area contributed by atoms with Gasteiger partial charge in [-0.05, 0) is 6.07 Å². The lowest BCUT2D eigenvalue weighted by atomic mass is 10.2. The molecule has 0 aliphatic heterocycles. The van der Waals surface area contributed by atoms with Crippen molar-refractivity contribution in [1.82, 2.24) is 4.98 Å². The lowest BCUT2D eigenvalue weighted by Gasteiger charge is -1.91. The van der Waals surface area contributed by atoms with Gasteiger partial charge in [-0.2, -0.15) is 0 Å². The first-order chi connectivity index (χ1) is 7.36. The topological polar surface area (TPSA) is 33.1 Å². The molecule has 1 aromatic rings. The summed E-state index contributed by atoms with van der Waals surface area (Å²) in [5.41, 5.74) is 1.72. The van der Waals surface area contributed by atoms with Gasteiger partial charge in [0.2, 0.25) is 0 Å². The van der Waals surface area contributed by atoms with Gasteiger partial charge in [0.15, 0.2) is 0 Å². The second kappa shape index (κ2) is 6.65. The van der Waals surface area contributed by atoms with Gasteiger partial charge in [0.05, 0.1) is 6.61 Å². The maximum atomic E-state index is 8.57. The van der Waals surface area contributed by atoms with Crippen LogP contribution in [0.3, 0.4) is 0 Å². The molecule has 0 spiro atoms. The summed E-state index contributed by atoms with van der Waals surface area (Å²) < 4.78 is 0. The van der Waals surface area contributed by atoms with E-state index in [1.807, 2.05) is 13.0 Å². The Balaban J connectivity index is 2.80. The van der Waals surface area contributed by atoms with Gasteiger partial charge < -0.3 is 5.11 Å². The zero-order chi connectivity index (χ0) is 10.9. The smallest absolute Gasteiger partial charge is 0.0540 e. The number of pyridine rings is 1. The number of aromatic nitrogens is 1. The van der Waals surface area contributed by atoms with Gasteiger partial charge in [0, 0.05) is 36.4 Å². The molecule has 0 bridgehead atoms. The Kier molecular flexibility index (Phi) is 5.01. The van der Waals surface area contributed by atoms with E-state index < -0.39 is 0 Å². The van der Waals surface area contributed by atoms with E-state index in [-0.39, 0.29) is 6.61 Å². The van der Waals surface area contributed by atoms with E-state index in [0.29, 0.717) is 6.42 Å². The monoisotopic (exact) mass is 199 g/mol. The minimum Gasteiger partial charge on any atom is -0.395 e. The fourth-order valence-corrected chi connectivity index (χ4v) is 0.988. The van der Waals surface area contributed by atoms with E-state index in [2.05, 4.69) is 28.7 Å². The van der Waals surface area contributed by atoms with Crippen LogP contribution in [-0.4, -0.2) is 16.7 Å². The summed E-state index contributed by atoms with van der Waals surface area (Å²) in [4.78, 5) is 4.05. The SMILES string of the molecule is CCC#Cc1cncc(C#CCCO)c1. The maximum absolute atomic E-state index is 8.57. The second-order valence-corrected chi connectivity index (χ2v) is 2.89. The fourth-order valence-electron chi connectivity index (χ4n) is 0.988. The zero-order valence-corrected chi connectivity index (χ0v) is 8.75. The molecule has 0 radical (unpaired) electrons. The summed E-state index contributed by atoms with van der Waals surface area (Å²) >= 11 is 0. The van der Waals surface area contributed by atoms with E-state index in [4.69, 9.17) is 5.11 Å². The van der Waals surface area contributed by atoms with Gasteiger partial charge in [-0.1, -0.05) is 30.6 Å². The van der Waals surface area contributed by atoms with Crippen molar-refractivity contribution in [2.75, 3.05) is 6.61 Å². The predicted molar refractivity (Wildman–Crippen MR) is 60.0 cm³/mol. The van der Waals surface area contributed by atoms with Crippen molar-refractivity contribution in [1.29, 1.82) is 0 Å². The van der Waals surface area contributed by atoms with E-state index in [9.17, 15) is 0 Å². The minimum atomic E-state index is 0.0930. The summed E-state index contributed by atoms with van der Waals surface area (Å²) in [5, 5.41) is 8.57. The molecule has 1 aromatic heterocycles. The molecule has 0 fully saturated rings. The first-order valence-electron chi connectivity index (χ1n) is 4.90. The maximum Gasteiger partial charge on any atom is 0.0540 e. The molecule has 0 aliphatic carbocycles. The largest absolute Gasteiger partial charge is 0.395 e. The van der Waals surface area contributed by atoms with Gasteiger partial charge in [-0.3, -0.25) is 4.98 Å². The van der Waals surface area contributed by atoms with Crippen LogP contribution in [-0.2, 0) is 0 Å². The third-order valence-corrected chi connectivity index (χ3v) is 1.62. The molecule has 0 atom stereocenters. The first-order valence-corrected chi connectivity index (χ1v) is 4.90. The van der Waals surface area contributed by atoms with Crippen LogP contribution in [0.2, 0.25) is 0 Å². The molecule has 0 amide bonds. The zero-order valence-electron chi connectivity index (χ0n) is 8.75. The Bertz CT molecular complexity index is 429. The molecule has 1 N–H and O–H groups in total. The molecule has 2 heteroatoms. The Labute approximate surface area is 90.4 Å². The number of hydrogen-bond acceptors (Lipinski definition) is 2. The van der Waals surface area contributed by atoms with Gasteiger partial charge in [0.1, 0.15) is 0 Å². The van der Waals surface area contributed by atoms with Gasteiger partial charge in [0.25, 0.3) is 0 Å². The van der Waals surface area contributed by atoms with E-state index in [0.717, 1.165) is 17.5 Å². The molecule has 0 saturated carbocycles. The molecule has 0 aromatic carbocycles. The van der Waals surface area contributed by atoms with Crippen molar-refractivity contribution >= 4 is 0 Å². The van der Waals surface area contributed by atoms with Crippen LogP contribution in [0.1, 0.15) is 30.9 Å². The van der Waals surface area contributed by atoms with Crippen LogP contribution in [0.5, 0.6) is 0 Å². The van der Waals surface area contributed by atoms with Crippen LogP contribution < -0.4 is 0 Å². The molecule has 0 unspecified atom stereocenters. The molecule has 15 heavy (non-hydrogen) atoms. The third kappa shape index (κ3) is 4.31. The molecule has 1 heterocycles. The minimum absolute atomic E-state index is 0.0930. The summed E-state index contributed by atoms with van der Waals surface area (Å²) in [6.07, 6.45) is 4.74. The molecular weight excluding hydrogens is 186 g/mol. The number of aliphatic hydroxyl groups is 1. The van der Waals surface area contributed by atoms with Crippen molar-refractivity contribution in [2.24, 2.45) is 0 Å². The van der Waals surface area contributed by atoms with Gasteiger partial charge >= 0.3 is 0 Å². The molecule has 2 nitrogen and oxygen atoms in total. The molecule has 1 rings (SSSR count). The van der Waals surface area contributed by atoms with Crippen LogP contribution in [0.4, 0.5) is 0 Å². The van der Waals surface area contributed by atoms with Crippen LogP contribution in [0.15, 0.2) is 18.5 Å². The van der Waals surface area contributed by atoms with Crippen molar-refractivity contribution in [3.8, 4) is 23.7 Å². The molecular formula is C13H13NO. The fraction of sp³-hybridized carbons (Fsp3) is 0.308. The Hall–Kier alpha value is -1.77. The Morgan fingerprint density at radius 2 is 1.87 bits per heavy atom. The molecule has 0 aliphatic rings. The van der Waals surface area contributed by atoms with Crippen LogP contribution in [0.25, 0.3) is 0 Å². The van der Waals surface area contributed by atoms with Gasteiger partial charge in [-0.15, -0.1) is 0 Å². The van der Waals surface area contributed by atoms with Crippen LogP contribution >= 0.6 is 0 Å². The Morgan fingerprint density at radius 3 is 2.47 bits per heavy atom. The molecule has 0 saturated heterocycles. The highest BCUT2D eigenvalue weighted by Crippen LogP contribution is 1.99. The van der Waals surface area contributed by atoms with Crippen LogP contribution in [0, 0.1) is 23.7 Å². The number of aliphatic hydroxyl groups excluding tert-OH is 1. The quantitative estimate of drug-likeness (QED) is 0.696. The summed E-state index contributed by atoms with van der Waals surface area (Å²) in [6.45, 7) is 2.10. The van der Waals surface area contributed by atoms with Crippen molar-refractivity contribution in [2.45, 2.75) is 19.8 Å².